The maximum absolute atomic E-state index is 12.1. The Bertz CT molecular complexity index is 614. The first-order valence-corrected chi connectivity index (χ1v) is 6.78. The van der Waals surface area contributed by atoms with Gasteiger partial charge >= 0.3 is 0 Å². The molecule has 1 rings (SSSR count). The van der Waals surface area contributed by atoms with Gasteiger partial charge in [-0.2, -0.15) is 0 Å². The van der Waals surface area contributed by atoms with Crippen LogP contribution in [0.2, 0.25) is 0 Å². The Balaban J connectivity index is 2.84. The normalized spacial score (nSPS) is 11.7. The molecule has 0 bridgehead atoms. The fraction of sp³-hybridized carbons (Fsp3) is 0.188. The number of hydrazine groups is 1. The van der Waals surface area contributed by atoms with E-state index in [0.29, 0.717) is 28.7 Å². The lowest BCUT2D eigenvalue weighted by Crippen LogP contribution is -2.34. The van der Waals surface area contributed by atoms with Gasteiger partial charge in [0.15, 0.2) is 5.78 Å². The number of ketones is 1. The molecule has 116 valence electrons. The van der Waals surface area contributed by atoms with Crippen molar-refractivity contribution in [1.82, 2.24) is 15.8 Å². The summed E-state index contributed by atoms with van der Waals surface area (Å²) in [6, 6.07) is 3.16. The van der Waals surface area contributed by atoms with Gasteiger partial charge in [0, 0.05) is 29.7 Å². The molecule has 1 aromatic heterocycles. The van der Waals surface area contributed by atoms with Crippen LogP contribution in [0.15, 0.2) is 60.2 Å². The minimum Gasteiger partial charge on any atom is -0.404 e. The van der Waals surface area contributed by atoms with Gasteiger partial charge in [0.05, 0.1) is 0 Å². The molecule has 0 saturated carbocycles. The Labute approximate surface area is 129 Å². The highest BCUT2D eigenvalue weighted by Gasteiger charge is 2.14. The molecule has 0 atom stereocenters. The lowest BCUT2D eigenvalue weighted by Gasteiger charge is -2.11. The number of carbonyl (C=O) groups is 2. The lowest BCUT2D eigenvalue weighted by atomic mass is 9.98. The molecule has 0 aliphatic heterocycles. The van der Waals surface area contributed by atoms with Crippen LogP contribution in [0.1, 0.15) is 30.6 Å². The number of hydrogen-bond donors (Lipinski definition) is 3. The molecule has 0 saturated heterocycles. The number of nitrogens with two attached hydrogens (primary N) is 1. The zero-order valence-corrected chi connectivity index (χ0v) is 12.7. The third-order valence-electron chi connectivity index (χ3n) is 2.90. The van der Waals surface area contributed by atoms with Crippen molar-refractivity contribution >= 4 is 11.7 Å². The summed E-state index contributed by atoms with van der Waals surface area (Å²) in [5.74, 6) is -0.570. The Morgan fingerprint density at radius 3 is 2.50 bits per heavy atom. The van der Waals surface area contributed by atoms with E-state index in [4.69, 9.17) is 5.73 Å². The number of hydrogen-bond acceptors (Lipinski definition) is 5. The number of pyridine rings is 1. The molecule has 4 N–H and O–H groups in total. The van der Waals surface area contributed by atoms with E-state index >= 15 is 0 Å². The van der Waals surface area contributed by atoms with Crippen molar-refractivity contribution in [2.24, 2.45) is 5.73 Å². The van der Waals surface area contributed by atoms with E-state index < -0.39 is 0 Å². The van der Waals surface area contributed by atoms with E-state index in [0.717, 1.165) is 0 Å². The Kier molecular flexibility index (Phi) is 6.56. The molecular formula is C16H20N4O2. The number of nitrogens with one attached hydrogen (secondary N) is 2. The molecule has 0 radical (unpaired) electrons. The molecule has 0 spiro atoms. The fourth-order valence-electron chi connectivity index (χ4n) is 1.68. The molecule has 1 heterocycles. The van der Waals surface area contributed by atoms with E-state index in [1.807, 2.05) is 6.92 Å². The molecule has 0 aromatic carbocycles. The van der Waals surface area contributed by atoms with Gasteiger partial charge in [0.1, 0.15) is 0 Å². The Hall–Kier alpha value is -2.89. The number of rotatable bonds is 7. The number of Topliss-reactive ketones (excluding diaryl/α,β-unsaturated/α-hetero) is 1. The molecule has 6 heteroatoms. The Morgan fingerprint density at radius 1 is 1.36 bits per heavy atom. The van der Waals surface area contributed by atoms with Gasteiger partial charge in [0.25, 0.3) is 5.91 Å². The predicted octanol–water partition coefficient (Wildman–Crippen LogP) is 1.60. The van der Waals surface area contributed by atoms with Crippen molar-refractivity contribution in [3.8, 4) is 0 Å². The maximum atomic E-state index is 12.1. The first-order valence-electron chi connectivity index (χ1n) is 6.78. The van der Waals surface area contributed by atoms with Crippen molar-refractivity contribution in [2.45, 2.75) is 20.3 Å². The molecular weight excluding hydrogens is 280 g/mol. The van der Waals surface area contributed by atoms with Gasteiger partial charge in [-0.05, 0) is 42.8 Å². The molecule has 1 aromatic rings. The minimum absolute atomic E-state index is 0.232. The third-order valence-corrected chi connectivity index (χ3v) is 2.90. The summed E-state index contributed by atoms with van der Waals surface area (Å²) < 4.78 is 0. The summed E-state index contributed by atoms with van der Waals surface area (Å²) in [4.78, 5) is 27.8. The summed E-state index contributed by atoms with van der Waals surface area (Å²) in [6.07, 6.45) is 6.42. The highest BCUT2D eigenvalue weighted by molar-refractivity contribution is 6.10. The van der Waals surface area contributed by atoms with Gasteiger partial charge in [-0.25, -0.2) is 0 Å². The number of carbonyl (C=O) groups excluding carboxylic acids is 2. The predicted molar refractivity (Wildman–Crippen MR) is 85.3 cm³/mol. The third kappa shape index (κ3) is 4.59. The van der Waals surface area contributed by atoms with Crippen molar-refractivity contribution in [3.63, 3.8) is 0 Å². The van der Waals surface area contributed by atoms with E-state index in [-0.39, 0.29) is 11.7 Å². The monoisotopic (exact) mass is 300 g/mol. The van der Waals surface area contributed by atoms with E-state index in [1.54, 1.807) is 19.1 Å². The number of allylic oxidation sites excluding steroid dienone is 3. The van der Waals surface area contributed by atoms with Crippen LogP contribution in [-0.2, 0) is 4.79 Å². The van der Waals surface area contributed by atoms with Crippen LogP contribution < -0.4 is 16.6 Å². The standard InChI is InChI=1S/C16H20N4O2/c1-4-12(9-17)14(15(21)11(2)3)10-19-20-16(22)13-5-7-18-8-6-13/h5-10,19H,2,4,17H2,1,3H3,(H,20,22)/b12-9-,14-10?. The number of amides is 1. The van der Waals surface area contributed by atoms with E-state index in [9.17, 15) is 9.59 Å². The van der Waals surface area contributed by atoms with Crippen LogP contribution in [0.25, 0.3) is 0 Å². The molecule has 0 aliphatic rings. The van der Waals surface area contributed by atoms with Crippen LogP contribution in [0.4, 0.5) is 0 Å². The molecule has 0 unspecified atom stereocenters. The SMILES string of the molecule is C=C(C)C(=O)C(=CNNC(=O)c1ccncc1)/C(=C\N)CC. The topological polar surface area (TPSA) is 97.1 Å². The van der Waals surface area contributed by atoms with Crippen molar-refractivity contribution in [3.05, 3.63) is 65.8 Å². The van der Waals surface area contributed by atoms with Crippen molar-refractivity contribution < 1.29 is 9.59 Å². The fourth-order valence-corrected chi connectivity index (χ4v) is 1.68. The highest BCUT2D eigenvalue weighted by Crippen LogP contribution is 2.16. The van der Waals surface area contributed by atoms with E-state index in [2.05, 4.69) is 22.4 Å². The second-order valence-corrected chi connectivity index (χ2v) is 4.55. The molecule has 0 fully saturated rings. The van der Waals surface area contributed by atoms with E-state index in [1.165, 1.54) is 24.8 Å². The Morgan fingerprint density at radius 2 is 2.00 bits per heavy atom. The van der Waals surface area contributed by atoms with Gasteiger partial charge in [-0.3, -0.25) is 20.0 Å². The van der Waals surface area contributed by atoms with Crippen LogP contribution >= 0.6 is 0 Å². The van der Waals surface area contributed by atoms with Crippen LogP contribution in [0, 0.1) is 0 Å². The number of nitrogens with zero attached hydrogens (tertiary/aromatic N) is 1. The zero-order valence-electron chi connectivity index (χ0n) is 12.7. The average Bonchev–Trinajstić information content (AvgIpc) is 2.54. The van der Waals surface area contributed by atoms with Crippen molar-refractivity contribution in [1.29, 1.82) is 0 Å². The largest absolute Gasteiger partial charge is 0.404 e. The van der Waals surface area contributed by atoms with Gasteiger partial charge in [-0.1, -0.05) is 13.5 Å². The smallest absolute Gasteiger partial charge is 0.269 e. The van der Waals surface area contributed by atoms with Gasteiger partial charge in [0.2, 0.25) is 0 Å². The quantitative estimate of drug-likeness (QED) is 0.404. The van der Waals surface area contributed by atoms with Crippen LogP contribution in [0.5, 0.6) is 0 Å². The van der Waals surface area contributed by atoms with Crippen molar-refractivity contribution in [2.75, 3.05) is 0 Å². The van der Waals surface area contributed by atoms with Gasteiger partial charge in [-0.15, -0.1) is 0 Å². The average molecular weight is 300 g/mol. The molecule has 6 nitrogen and oxygen atoms in total. The summed E-state index contributed by atoms with van der Waals surface area (Å²) in [5, 5.41) is 0. The molecule has 22 heavy (non-hydrogen) atoms. The van der Waals surface area contributed by atoms with Gasteiger partial charge < -0.3 is 11.2 Å². The second-order valence-electron chi connectivity index (χ2n) is 4.55. The summed E-state index contributed by atoms with van der Waals surface area (Å²) in [7, 11) is 0. The summed E-state index contributed by atoms with van der Waals surface area (Å²) in [6.45, 7) is 7.14. The second kappa shape index (κ2) is 8.41. The van der Waals surface area contributed by atoms with Crippen LogP contribution in [0.3, 0.4) is 0 Å². The maximum Gasteiger partial charge on any atom is 0.269 e. The summed E-state index contributed by atoms with van der Waals surface area (Å²) >= 11 is 0. The number of aromatic nitrogens is 1. The first kappa shape index (κ1) is 17.2. The highest BCUT2D eigenvalue weighted by atomic mass is 16.2. The molecule has 0 aliphatic carbocycles. The molecule has 1 amide bonds. The first-order chi connectivity index (χ1) is 10.5. The summed E-state index contributed by atoms with van der Waals surface area (Å²) in [5.41, 5.74) is 12.5. The zero-order chi connectivity index (χ0) is 16.5. The lowest BCUT2D eigenvalue weighted by molar-refractivity contribution is -0.112. The van der Waals surface area contributed by atoms with Crippen LogP contribution in [-0.4, -0.2) is 16.7 Å². The minimum atomic E-state index is -0.337.